The van der Waals surface area contributed by atoms with Crippen molar-refractivity contribution in [2.24, 2.45) is 0 Å². The molecule has 0 saturated carbocycles. The van der Waals surface area contributed by atoms with Crippen molar-refractivity contribution in [2.75, 3.05) is 18.4 Å². The third kappa shape index (κ3) is 4.37. The second-order valence-electron chi connectivity index (χ2n) is 5.90. The number of anilines is 1. The quantitative estimate of drug-likeness (QED) is 0.838. The Hall–Kier alpha value is -1.30. The van der Waals surface area contributed by atoms with E-state index in [9.17, 15) is 4.79 Å². The van der Waals surface area contributed by atoms with Crippen molar-refractivity contribution in [3.8, 4) is 0 Å². The van der Waals surface area contributed by atoms with Gasteiger partial charge in [-0.3, -0.25) is 0 Å². The zero-order valence-corrected chi connectivity index (χ0v) is 13.6. The highest BCUT2D eigenvalue weighted by Gasteiger charge is 2.29. The van der Waals surface area contributed by atoms with Crippen molar-refractivity contribution in [1.29, 1.82) is 0 Å². The molecule has 2 rings (SSSR count). The van der Waals surface area contributed by atoms with E-state index in [-0.39, 0.29) is 12.1 Å². The van der Waals surface area contributed by atoms with Gasteiger partial charge in [0.2, 0.25) is 0 Å². The van der Waals surface area contributed by atoms with Gasteiger partial charge in [-0.2, -0.15) is 0 Å². The van der Waals surface area contributed by atoms with E-state index >= 15 is 0 Å². The molecule has 5 nitrogen and oxygen atoms in total. The van der Waals surface area contributed by atoms with Gasteiger partial charge in [0.1, 0.15) is 16.0 Å². The highest BCUT2D eigenvalue weighted by molar-refractivity contribution is 9.10. The minimum Gasteiger partial charge on any atom is -0.444 e. The predicted molar refractivity (Wildman–Crippen MR) is 81.8 cm³/mol. The predicted octanol–water partition coefficient (Wildman–Crippen LogP) is 3.27. The smallest absolute Gasteiger partial charge is 0.410 e. The topological polar surface area (TPSA) is 54.5 Å². The summed E-state index contributed by atoms with van der Waals surface area (Å²) in [6.07, 6.45) is 0.650. The number of likely N-dealkylation sites (tertiary alicyclic amines) is 1. The molecule has 1 N–H and O–H groups in total. The molecule has 1 saturated heterocycles. The van der Waals surface area contributed by atoms with Crippen molar-refractivity contribution < 1.29 is 9.53 Å². The molecule has 0 radical (unpaired) electrons. The summed E-state index contributed by atoms with van der Waals surface area (Å²) in [5.74, 6) is 0.815. The Kier molecular flexibility index (Phi) is 4.52. The van der Waals surface area contributed by atoms with Crippen molar-refractivity contribution in [2.45, 2.75) is 38.8 Å². The van der Waals surface area contributed by atoms with Crippen LogP contribution in [0.3, 0.4) is 0 Å². The molecule has 6 heteroatoms. The molecular weight excluding hydrogens is 322 g/mol. The molecule has 0 unspecified atom stereocenters. The van der Waals surface area contributed by atoms with E-state index in [1.807, 2.05) is 39.0 Å². The summed E-state index contributed by atoms with van der Waals surface area (Å²) < 4.78 is 6.17. The van der Waals surface area contributed by atoms with Crippen LogP contribution in [0.5, 0.6) is 0 Å². The minimum absolute atomic E-state index is 0.212. The number of hydrogen-bond acceptors (Lipinski definition) is 4. The summed E-state index contributed by atoms with van der Waals surface area (Å²) in [5, 5.41) is 3.34. The number of hydrogen-bond donors (Lipinski definition) is 1. The van der Waals surface area contributed by atoms with Gasteiger partial charge in [-0.05, 0) is 55.3 Å². The molecule has 1 fully saturated rings. The molecule has 2 heterocycles. The summed E-state index contributed by atoms with van der Waals surface area (Å²) >= 11 is 3.34. The average molecular weight is 342 g/mol. The highest BCUT2D eigenvalue weighted by Crippen LogP contribution is 2.18. The minimum atomic E-state index is -0.450. The van der Waals surface area contributed by atoms with Crippen LogP contribution in [-0.4, -0.2) is 40.7 Å². The van der Waals surface area contributed by atoms with Crippen LogP contribution >= 0.6 is 15.9 Å². The summed E-state index contributed by atoms with van der Waals surface area (Å²) in [5.41, 5.74) is -0.450. The first-order chi connectivity index (χ1) is 9.33. The molecule has 1 aromatic rings. The van der Waals surface area contributed by atoms with E-state index in [2.05, 4.69) is 26.2 Å². The molecule has 0 aliphatic carbocycles. The molecule has 1 aliphatic heterocycles. The summed E-state index contributed by atoms with van der Waals surface area (Å²) in [7, 11) is 0. The molecule has 1 atom stereocenters. The first kappa shape index (κ1) is 15.1. The number of ether oxygens (including phenoxy) is 1. The summed E-state index contributed by atoms with van der Waals surface area (Å²) in [6.45, 7) is 6.98. The van der Waals surface area contributed by atoms with E-state index < -0.39 is 5.60 Å². The number of amides is 1. The molecule has 0 aromatic carbocycles. The van der Waals surface area contributed by atoms with Crippen molar-refractivity contribution >= 4 is 27.8 Å². The van der Waals surface area contributed by atoms with Gasteiger partial charge in [-0.15, -0.1) is 0 Å². The Morgan fingerprint density at radius 3 is 2.90 bits per heavy atom. The van der Waals surface area contributed by atoms with Crippen molar-refractivity contribution in [3.63, 3.8) is 0 Å². The second-order valence-corrected chi connectivity index (χ2v) is 6.71. The number of rotatable bonds is 2. The number of nitrogens with zero attached hydrogens (tertiary/aromatic N) is 2. The maximum absolute atomic E-state index is 12.0. The summed E-state index contributed by atoms with van der Waals surface area (Å²) in [4.78, 5) is 18.0. The third-order valence-electron chi connectivity index (χ3n) is 2.91. The lowest BCUT2D eigenvalue weighted by Crippen LogP contribution is -2.36. The fourth-order valence-electron chi connectivity index (χ4n) is 2.07. The fraction of sp³-hybridized carbons (Fsp3) is 0.571. The molecular formula is C14H20BrN3O2. The number of carbonyl (C=O) groups excluding carboxylic acids is 1. The summed E-state index contributed by atoms with van der Waals surface area (Å²) in [6, 6.07) is 5.94. The van der Waals surface area contributed by atoms with Gasteiger partial charge in [-0.25, -0.2) is 9.78 Å². The van der Waals surface area contributed by atoms with Crippen molar-refractivity contribution in [1.82, 2.24) is 9.88 Å². The highest BCUT2D eigenvalue weighted by atomic mass is 79.9. The lowest BCUT2D eigenvalue weighted by atomic mass is 10.2. The average Bonchev–Trinajstić information content (AvgIpc) is 2.75. The molecule has 1 aromatic heterocycles. The molecule has 110 valence electrons. The van der Waals surface area contributed by atoms with E-state index in [4.69, 9.17) is 4.74 Å². The Balaban J connectivity index is 1.88. The molecule has 0 bridgehead atoms. The maximum atomic E-state index is 12.0. The zero-order valence-electron chi connectivity index (χ0n) is 12.0. The largest absolute Gasteiger partial charge is 0.444 e. The van der Waals surface area contributed by atoms with Crippen LogP contribution in [0.1, 0.15) is 27.2 Å². The fourth-order valence-corrected chi connectivity index (χ4v) is 2.41. The number of nitrogens with one attached hydrogen (secondary N) is 1. The Morgan fingerprint density at radius 2 is 2.25 bits per heavy atom. The molecule has 0 spiro atoms. The lowest BCUT2D eigenvalue weighted by molar-refractivity contribution is 0.0293. The molecule has 1 amide bonds. The zero-order chi connectivity index (χ0) is 14.8. The third-order valence-corrected chi connectivity index (χ3v) is 3.35. The van der Waals surface area contributed by atoms with Crippen molar-refractivity contribution in [3.05, 3.63) is 22.8 Å². The van der Waals surface area contributed by atoms with E-state index in [0.29, 0.717) is 13.1 Å². The van der Waals surface area contributed by atoms with Crippen LogP contribution < -0.4 is 5.32 Å². The van der Waals surface area contributed by atoms with E-state index in [1.54, 1.807) is 4.90 Å². The van der Waals surface area contributed by atoms with Gasteiger partial charge in [0, 0.05) is 19.1 Å². The first-order valence-electron chi connectivity index (χ1n) is 6.70. The number of pyridine rings is 1. The van der Waals surface area contributed by atoms with Gasteiger partial charge in [-0.1, -0.05) is 6.07 Å². The number of halogens is 1. The standard InChI is InChI=1S/C14H20BrN3O2/c1-14(2,3)20-13(19)18-8-7-10(9-18)16-12-6-4-5-11(15)17-12/h4-6,10H,7-9H2,1-3H3,(H,16,17)/t10-/m0/s1. The SMILES string of the molecule is CC(C)(C)OC(=O)N1CC[C@H](Nc2cccc(Br)n2)C1. The van der Waals surface area contributed by atoms with Crippen LogP contribution in [0.25, 0.3) is 0 Å². The monoisotopic (exact) mass is 341 g/mol. The molecule has 20 heavy (non-hydrogen) atoms. The van der Waals surface area contributed by atoms with E-state index in [0.717, 1.165) is 16.8 Å². The van der Waals surface area contributed by atoms with Gasteiger partial charge in [0.25, 0.3) is 0 Å². The second kappa shape index (κ2) is 5.99. The lowest BCUT2D eigenvalue weighted by Gasteiger charge is -2.24. The van der Waals surface area contributed by atoms with Crippen LogP contribution in [0.2, 0.25) is 0 Å². The number of aromatic nitrogens is 1. The van der Waals surface area contributed by atoms with E-state index in [1.165, 1.54) is 0 Å². The van der Waals surface area contributed by atoms with Crippen LogP contribution in [-0.2, 0) is 4.74 Å². The Bertz CT molecular complexity index is 488. The van der Waals surface area contributed by atoms with Crippen LogP contribution in [0, 0.1) is 0 Å². The Morgan fingerprint density at radius 1 is 1.50 bits per heavy atom. The van der Waals surface area contributed by atoms with Gasteiger partial charge in [0.05, 0.1) is 0 Å². The van der Waals surface area contributed by atoms with Crippen LogP contribution in [0.15, 0.2) is 22.8 Å². The normalized spacial score (nSPS) is 19.0. The van der Waals surface area contributed by atoms with Gasteiger partial charge in [0.15, 0.2) is 0 Å². The van der Waals surface area contributed by atoms with Gasteiger partial charge < -0.3 is 15.0 Å². The maximum Gasteiger partial charge on any atom is 0.410 e. The van der Waals surface area contributed by atoms with Gasteiger partial charge >= 0.3 is 6.09 Å². The molecule has 1 aliphatic rings. The van der Waals surface area contributed by atoms with Crippen LogP contribution in [0.4, 0.5) is 10.6 Å². The first-order valence-corrected chi connectivity index (χ1v) is 7.50. The number of carbonyl (C=O) groups is 1. The Labute approximate surface area is 127 Å².